The van der Waals surface area contributed by atoms with Crippen molar-refractivity contribution in [1.82, 2.24) is 5.32 Å². The number of carbonyl (C=O) groups excluding carboxylic acids is 1. The van der Waals surface area contributed by atoms with E-state index in [0.717, 1.165) is 43.4 Å². The lowest BCUT2D eigenvalue weighted by Gasteiger charge is -2.55. The number of alkyl halides is 1. The summed E-state index contributed by atoms with van der Waals surface area (Å²) in [6, 6.07) is 0.0676. The van der Waals surface area contributed by atoms with E-state index in [1.807, 2.05) is 0 Å². The van der Waals surface area contributed by atoms with E-state index in [4.69, 9.17) is 16.3 Å². The Labute approximate surface area is 126 Å². The Morgan fingerprint density at radius 1 is 1.25 bits per heavy atom. The molecule has 20 heavy (non-hydrogen) atoms. The summed E-state index contributed by atoms with van der Waals surface area (Å²) >= 11 is 5.83. The van der Waals surface area contributed by atoms with Crippen molar-refractivity contribution in [2.75, 3.05) is 19.6 Å². The fourth-order valence-corrected chi connectivity index (χ4v) is 5.52. The standard InChI is InChI=1S/C16H26ClNO2/c1-20-10-14(2-3-17)18-15(19)16-7-11-4-12(8-16)6-13(5-11)9-16/h11-14H,2-10H2,1H3,(H,18,19). The van der Waals surface area contributed by atoms with Crippen LogP contribution in [0.5, 0.6) is 0 Å². The van der Waals surface area contributed by atoms with Gasteiger partial charge in [0.2, 0.25) is 5.91 Å². The molecule has 1 amide bonds. The first-order valence-corrected chi connectivity index (χ1v) is 8.54. The topological polar surface area (TPSA) is 38.3 Å². The van der Waals surface area contributed by atoms with E-state index in [9.17, 15) is 4.79 Å². The molecule has 4 aliphatic rings. The minimum Gasteiger partial charge on any atom is -0.383 e. The summed E-state index contributed by atoms with van der Waals surface area (Å²) in [5.74, 6) is 3.27. The fraction of sp³-hybridized carbons (Fsp3) is 0.938. The van der Waals surface area contributed by atoms with E-state index in [2.05, 4.69) is 5.32 Å². The van der Waals surface area contributed by atoms with Crippen molar-refractivity contribution in [3.63, 3.8) is 0 Å². The predicted molar refractivity (Wildman–Crippen MR) is 79.7 cm³/mol. The summed E-state index contributed by atoms with van der Waals surface area (Å²) in [5.41, 5.74) is -0.0624. The maximum Gasteiger partial charge on any atom is 0.226 e. The first kappa shape index (κ1) is 14.6. The van der Waals surface area contributed by atoms with Crippen LogP contribution in [0.4, 0.5) is 0 Å². The number of nitrogens with one attached hydrogen (secondary N) is 1. The van der Waals surface area contributed by atoms with Gasteiger partial charge in [0, 0.05) is 18.4 Å². The van der Waals surface area contributed by atoms with E-state index in [1.54, 1.807) is 7.11 Å². The first-order chi connectivity index (χ1) is 9.65. The molecule has 0 heterocycles. The zero-order valence-electron chi connectivity index (χ0n) is 12.4. The number of ether oxygens (including phenoxy) is 1. The second-order valence-corrected chi connectivity index (χ2v) is 7.68. The van der Waals surface area contributed by atoms with Gasteiger partial charge in [-0.3, -0.25) is 4.79 Å². The highest BCUT2D eigenvalue weighted by Crippen LogP contribution is 2.60. The fourth-order valence-electron chi connectivity index (χ4n) is 5.26. The van der Waals surface area contributed by atoms with Crippen LogP contribution in [0.25, 0.3) is 0 Å². The van der Waals surface area contributed by atoms with Crippen LogP contribution in [-0.4, -0.2) is 31.5 Å². The molecule has 4 saturated carbocycles. The quantitative estimate of drug-likeness (QED) is 0.766. The number of hydrogen-bond donors (Lipinski definition) is 1. The van der Waals surface area contributed by atoms with Gasteiger partial charge in [0.25, 0.3) is 0 Å². The van der Waals surface area contributed by atoms with Crippen molar-refractivity contribution in [3.05, 3.63) is 0 Å². The molecular weight excluding hydrogens is 274 g/mol. The van der Waals surface area contributed by atoms with Crippen molar-refractivity contribution in [3.8, 4) is 0 Å². The maximum atomic E-state index is 12.8. The Kier molecular flexibility index (Phi) is 4.28. The second-order valence-electron chi connectivity index (χ2n) is 7.30. The van der Waals surface area contributed by atoms with Gasteiger partial charge >= 0.3 is 0 Å². The Balaban J connectivity index is 1.67. The van der Waals surface area contributed by atoms with Crippen LogP contribution < -0.4 is 5.32 Å². The number of halogens is 1. The van der Waals surface area contributed by atoms with Gasteiger partial charge in [0.1, 0.15) is 0 Å². The van der Waals surface area contributed by atoms with Gasteiger partial charge in [-0.05, 0) is 62.7 Å². The van der Waals surface area contributed by atoms with Gasteiger partial charge < -0.3 is 10.1 Å². The highest BCUT2D eigenvalue weighted by Gasteiger charge is 2.54. The first-order valence-electron chi connectivity index (χ1n) is 8.01. The molecule has 4 bridgehead atoms. The summed E-state index contributed by atoms with van der Waals surface area (Å²) in [6.45, 7) is 0.560. The summed E-state index contributed by atoms with van der Waals surface area (Å²) in [4.78, 5) is 12.8. The third-order valence-corrected chi connectivity index (χ3v) is 5.90. The van der Waals surface area contributed by atoms with E-state index < -0.39 is 0 Å². The highest BCUT2D eigenvalue weighted by molar-refractivity contribution is 6.17. The number of hydrogen-bond acceptors (Lipinski definition) is 2. The smallest absolute Gasteiger partial charge is 0.226 e. The summed E-state index contributed by atoms with van der Waals surface area (Å²) in [5, 5.41) is 3.23. The number of methoxy groups -OCH3 is 1. The number of amides is 1. The minimum absolute atomic E-state index is 0.0624. The lowest BCUT2D eigenvalue weighted by Crippen LogP contribution is -2.55. The SMILES string of the molecule is COCC(CCCl)NC(=O)C12CC3CC(CC(C3)C1)C2. The van der Waals surface area contributed by atoms with Crippen molar-refractivity contribution in [2.24, 2.45) is 23.2 Å². The molecule has 0 aliphatic heterocycles. The Morgan fingerprint density at radius 2 is 1.80 bits per heavy atom. The number of rotatable bonds is 6. The summed E-state index contributed by atoms with van der Waals surface area (Å²) < 4.78 is 5.20. The zero-order chi connectivity index (χ0) is 14.2. The molecule has 114 valence electrons. The predicted octanol–water partition coefficient (Wildman–Crippen LogP) is 2.96. The molecule has 0 aromatic carbocycles. The molecule has 1 N–H and O–H groups in total. The van der Waals surface area contributed by atoms with Crippen molar-refractivity contribution in [2.45, 2.75) is 51.0 Å². The zero-order valence-corrected chi connectivity index (χ0v) is 13.1. The Bertz CT molecular complexity index is 330. The summed E-state index contributed by atoms with van der Waals surface area (Å²) in [6.07, 6.45) is 8.25. The molecule has 4 rings (SSSR count). The molecular formula is C16H26ClNO2. The normalized spacial score (nSPS) is 39.8. The van der Waals surface area contributed by atoms with Gasteiger partial charge in [0.15, 0.2) is 0 Å². The molecule has 3 nitrogen and oxygen atoms in total. The van der Waals surface area contributed by atoms with Crippen molar-refractivity contribution < 1.29 is 9.53 Å². The second kappa shape index (κ2) is 5.84. The van der Waals surface area contributed by atoms with Crippen LogP contribution in [0.1, 0.15) is 44.9 Å². The Morgan fingerprint density at radius 3 is 2.25 bits per heavy atom. The van der Waals surface area contributed by atoms with Crippen molar-refractivity contribution in [1.29, 1.82) is 0 Å². The van der Waals surface area contributed by atoms with Crippen LogP contribution in [0, 0.1) is 23.2 Å². The minimum atomic E-state index is -0.0624. The average molecular weight is 300 g/mol. The van der Waals surface area contributed by atoms with Crippen molar-refractivity contribution >= 4 is 17.5 Å². The summed E-state index contributed by atoms with van der Waals surface area (Å²) in [7, 11) is 1.68. The molecule has 4 fully saturated rings. The van der Waals surface area contributed by atoms with Gasteiger partial charge in [-0.2, -0.15) is 0 Å². The molecule has 1 atom stereocenters. The molecule has 4 heteroatoms. The van der Waals surface area contributed by atoms with Gasteiger partial charge in [-0.15, -0.1) is 11.6 Å². The highest BCUT2D eigenvalue weighted by atomic mass is 35.5. The third kappa shape index (κ3) is 2.71. The largest absolute Gasteiger partial charge is 0.383 e. The van der Waals surface area contributed by atoms with E-state index in [1.165, 1.54) is 19.3 Å². The molecule has 0 spiro atoms. The third-order valence-electron chi connectivity index (χ3n) is 5.68. The van der Waals surface area contributed by atoms with Crippen LogP contribution in [0.3, 0.4) is 0 Å². The molecule has 0 saturated heterocycles. The molecule has 0 radical (unpaired) electrons. The van der Waals surface area contributed by atoms with E-state index in [0.29, 0.717) is 12.5 Å². The van der Waals surface area contributed by atoms with Crippen LogP contribution in [-0.2, 0) is 9.53 Å². The molecule has 1 unspecified atom stereocenters. The van der Waals surface area contributed by atoms with Crippen LogP contribution in [0.15, 0.2) is 0 Å². The average Bonchev–Trinajstić information content (AvgIpc) is 2.37. The van der Waals surface area contributed by atoms with E-state index in [-0.39, 0.29) is 17.4 Å². The Hall–Kier alpha value is -0.280. The van der Waals surface area contributed by atoms with Crippen LogP contribution >= 0.6 is 11.6 Å². The maximum absolute atomic E-state index is 12.8. The monoisotopic (exact) mass is 299 g/mol. The lowest BCUT2D eigenvalue weighted by atomic mass is 9.49. The van der Waals surface area contributed by atoms with Gasteiger partial charge in [-0.25, -0.2) is 0 Å². The van der Waals surface area contributed by atoms with Crippen LogP contribution in [0.2, 0.25) is 0 Å². The molecule has 0 aromatic heterocycles. The van der Waals surface area contributed by atoms with Gasteiger partial charge in [0.05, 0.1) is 12.6 Å². The lowest BCUT2D eigenvalue weighted by molar-refractivity contribution is -0.147. The van der Waals surface area contributed by atoms with Gasteiger partial charge in [-0.1, -0.05) is 0 Å². The molecule has 4 aliphatic carbocycles. The number of carbonyl (C=O) groups is 1. The molecule has 0 aromatic rings. The van der Waals surface area contributed by atoms with E-state index >= 15 is 0 Å².